The van der Waals surface area contributed by atoms with E-state index in [1.54, 1.807) is 6.92 Å². The molecule has 164 valence electrons. The van der Waals surface area contributed by atoms with Crippen molar-refractivity contribution >= 4 is 29.2 Å². The van der Waals surface area contributed by atoms with Gasteiger partial charge in [0.1, 0.15) is 5.56 Å². The highest BCUT2D eigenvalue weighted by atomic mass is 35.5. The molecule has 2 aromatic heterocycles. The molecule has 2 heterocycles. The molecule has 1 N–H and O–H groups in total. The minimum absolute atomic E-state index is 0.00418. The van der Waals surface area contributed by atoms with Crippen molar-refractivity contribution in [3.63, 3.8) is 0 Å². The van der Waals surface area contributed by atoms with Gasteiger partial charge in [0, 0.05) is 18.3 Å². The Morgan fingerprint density at radius 3 is 2.39 bits per heavy atom. The molecule has 3 aromatic rings. The molecule has 0 saturated heterocycles. The summed E-state index contributed by atoms with van der Waals surface area (Å²) in [4.78, 5) is 24.4. The Balaban J connectivity index is 2.29. The van der Waals surface area contributed by atoms with Gasteiger partial charge in [-0.2, -0.15) is 18.3 Å². The summed E-state index contributed by atoms with van der Waals surface area (Å²) in [5.74, 6) is -3.07. The molecule has 0 aliphatic heterocycles. The zero-order valence-electron chi connectivity index (χ0n) is 15.7. The molecule has 31 heavy (non-hydrogen) atoms. The lowest BCUT2D eigenvalue weighted by atomic mass is 10.0. The molecule has 0 unspecified atom stereocenters. The van der Waals surface area contributed by atoms with E-state index in [0.29, 0.717) is 6.07 Å². The van der Waals surface area contributed by atoms with E-state index in [-0.39, 0.29) is 33.5 Å². The van der Waals surface area contributed by atoms with Crippen molar-refractivity contribution in [3.05, 3.63) is 73.5 Å². The first-order valence-electron chi connectivity index (χ1n) is 8.70. The Hall–Kier alpha value is -2.85. The molecule has 3 rings (SSSR count). The molecule has 0 fully saturated rings. The number of carboxylic acids is 1. The zero-order chi connectivity index (χ0) is 23.1. The van der Waals surface area contributed by atoms with Crippen LogP contribution in [0.5, 0.6) is 0 Å². The van der Waals surface area contributed by atoms with Crippen LogP contribution in [0.25, 0.3) is 11.3 Å². The number of benzene rings is 1. The van der Waals surface area contributed by atoms with Crippen molar-refractivity contribution in [3.8, 4) is 11.3 Å². The fraction of sp³-hybridized carbons (Fsp3) is 0.211. The number of alkyl halides is 3. The number of aromatic nitrogens is 3. The van der Waals surface area contributed by atoms with Crippen molar-refractivity contribution in [1.82, 2.24) is 14.3 Å². The maximum absolute atomic E-state index is 14.9. The number of hydrogen-bond acceptors (Lipinski definition) is 3. The molecule has 0 spiro atoms. The van der Waals surface area contributed by atoms with Crippen LogP contribution >= 0.6 is 23.2 Å². The molecule has 12 heteroatoms. The van der Waals surface area contributed by atoms with E-state index < -0.39 is 41.2 Å². The predicted octanol–water partition coefficient (Wildman–Crippen LogP) is 4.94. The number of carboxylic acid groups (broad SMARTS) is 1. The third kappa shape index (κ3) is 4.31. The van der Waals surface area contributed by atoms with Gasteiger partial charge in [0.25, 0.3) is 0 Å². The lowest BCUT2D eigenvalue weighted by molar-refractivity contribution is -0.141. The average Bonchev–Trinajstić information content (AvgIpc) is 3.16. The largest absolute Gasteiger partial charge is 0.477 e. The van der Waals surface area contributed by atoms with Crippen LogP contribution in [0.4, 0.5) is 17.6 Å². The van der Waals surface area contributed by atoms with Gasteiger partial charge in [0.2, 0.25) is 5.43 Å². The number of rotatable bonds is 5. The van der Waals surface area contributed by atoms with Gasteiger partial charge in [-0.15, -0.1) is 0 Å². The topological polar surface area (TPSA) is 77.1 Å². The fourth-order valence-corrected chi connectivity index (χ4v) is 3.43. The number of halogens is 6. The summed E-state index contributed by atoms with van der Waals surface area (Å²) in [5, 5.41) is 13.2. The molecule has 0 atom stereocenters. The minimum atomic E-state index is -4.70. The highest BCUT2D eigenvalue weighted by molar-refractivity contribution is 6.42. The summed E-state index contributed by atoms with van der Waals surface area (Å²) in [7, 11) is 0. The van der Waals surface area contributed by atoms with Crippen LogP contribution in [0.2, 0.25) is 10.0 Å². The van der Waals surface area contributed by atoms with Gasteiger partial charge >= 0.3 is 12.1 Å². The van der Waals surface area contributed by atoms with E-state index in [2.05, 4.69) is 5.10 Å². The highest BCUT2D eigenvalue weighted by Crippen LogP contribution is 2.32. The molecule has 0 aliphatic carbocycles. The van der Waals surface area contributed by atoms with Crippen LogP contribution in [0.15, 0.2) is 35.3 Å². The van der Waals surface area contributed by atoms with Crippen LogP contribution in [0.1, 0.15) is 28.7 Å². The summed E-state index contributed by atoms with van der Waals surface area (Å²) in [6.07, 6.45) is -3.72. The van der Waals surface area contributed by atoms with E-state index in [1.807, 2.05) is 0 Å². The number of hydrogen-bond donors (Lipinski definition) is 1. The van der Waals surface area contributed by atoms with Crippen LogP contribution < -0.4 is 5.43 Å². The van der Waals surface area contributed by atoms with Crippen LogP contribution in [0, 0.1) is 5.82 Å². The summed E-state index contributed by atoms with van der Waals surface area (Å²) in [6, 6.07) is 4.80. The Morgan fingerprint density at radius 1 is 1.19 bits per heavy atom. The van der Waals surface area contributed by atoms with E-state index >= 15 is 0 Å². The van der Waals surface area contributed by atoms with Gasteiger partial charge in [0.15, 0.2) is 11.5 Å². The summed E-state index contributed by atoms with van der Waals surface area (Å²) in [5.41, 5.74) is -3.75. The first kappa shape index (κ1) is 22.8. The van der Waals surface area contributed by atoms with Crippen molar-refractivity contribution in [1.29, 1.82) is 0 Å². The normalized spacial score (nSPS) is 11.7. The minimum Gasteiger partial charge on any atom is -0.477 e. The lowest BCUT2D eigenvalue weighted by Crippen LogP contribution is -2.28. The maximum atomic E-state index is 14.9. The third-order valence-electron chi connectivity index (χ3n) is 4.48. The molecule has 0 saturated carbocycles. The van der Waals surface area contributed by atoms with Gasteiger partial charge in [-0.05, 0) is 25.1 Å². The number of pyridine rings is 1. The van der Waals surface area contributed by atoms with E-state index in [0.717, 1.165) is 10.9 Å². The Kier molecular flexibility index (Phi) is 6.15. The SMILES string of the molecule is CCn1c(Cn2ccc(C(F)(F)F)n2)c(F)c(=O)c(C(=O)O)c1-c1ccc(Cl)c(Cl)c1. The molecule has 0 amide bonds. The first-order valence-corrected chi connectivity index (χ1v) is 9.45. The maximum Gasteiger partial charge on any atom is 0.435 e. The molecule has 1 aromatic carbocycles. The lowest BCUT2D eigenvalue weighted by Gasteiger charge is -2.20. The van der Waals surface area contributed by atoms with Crippen LogP contribution in [0.3, 0.4) is 0 Å². The fourth-order valence-electron chi connectivity index (χ4n) is 3.14. The Bertz CT molecular complexity index is 1240. The summed E-state index contributed by atoms with van der Waals surface area (Å²) >= 11 is 11.9. The molecule has 6 nitrogen and oxygen atoms in total. The number of nitrogens with zero attached hydrogens (tertiary/aromatic N) is 3. The predicted molar refractivity (Wildman–Crippen MR) is 105 cm³/mol. The second kappa shape index (κ2) is 8.35. The highest BCUT2D eigenvalue weighted by Gasteiger charge is 2.34. The second-order valence-corrected chi connectivity index (χ2v) is 7.20. The average molecular weight is 478 g/mol. The molecular weight excluding hydrogens is 465 g/mol. The van der Waals surface area contributed by atoms with Crippen molar-refractivity contribution < 1.29 is 27.5 Å². The molecule has 0 aliphatic rings. The quantitative estimate of drug-likeness (QED) is 0.527. The van der Waals surface area contributed by atoms with Crippen LogP contribution in [-0.2, 0) is 19.3 Å². The molecule has 0 radical (unpaired) electrons. The third-order valence-corrected chi connectivity index (χ3v) is 5.22. The van der Waals surface area contributed by atoms with Gasteiger partial charge in [-0.3, -0.25) is 9.48 Å². The molecule has 0 bridgehead atoms. The van der Waals surface area contributed by atoms with Crippen molar-refractivity contribution in [2.75, 3.05) is 0 Å². The van der Waals surface area contributed by atoms with Crippen molar-refractivity contribution in [2.45, 2.75) is 26.2 Å². The van der Waals surface area contributed by atoms with Gasteiger partial charge in [0.05, 0.1) is 28.0 Å². The van der Waals surface area contributed by atoms with E-state index in [9.17, 15) is 32.3 Å². The van der Waals surface area contributed by atoms with Gasteiger partial charge < -0.3 is 9.67 Å². The monoisotopic (exact) mass is 477 g/mol. The van der Waals surface area contributed by atoms with E-state index in [4.69, 9.17) is 23.2 Å². The van der Waals surface area contributed by atoms with Crippen molar-refractivity contribution in [2.24, 2.45) is 0 Å². The van der Waals surface area contributed by atoms with E-state index in [1.165, 1.54) is 22.8 Å². The Morgan fingerprint density at radius 2 is 1.87 bits per heavy atom. The molecular formula is C19H13Cl2F4N3O3. The smallest absolute Gasteiger partial charge is 0.435 e. The first-order chi connectivity index (χ1) is 14.5. The Labute approximate surface area is 182 Å². The van der Waals surface area contributed by atoms with Gasteiger partial charge in [-0.25, -0.2) is 9.18 Å². The summed E-state index contributed by atoms with van der Waals surface area (Å²) in [6.45, 7) is 1.01. The second-order valence-electron chi connectivity index (χ2n) is 6.39. The number of aromatic carboxylic acids is 1. The van der Waals surface area contributed by atoms with Gasteiger partial charge in [-0.1, -0.05) is 29.3 Å². The van der Waals surface area contributed by atoms with Crippen LogP contribution in [-0.4, -0.2) is 25.4 Å². The standard InChI is InChI=1S/C19H13Cl2F4N3O3/c1-2-28-12(8-27-6-5-13(26-27)19(23,24)25)15(22)17(29)14(18(30)31)16(28)9-3-4-10(20)11(21)7-9/h3-7H,2,8H2,1H3,(H,30,31). The zero-order valence-corrected chi connectivity index (χ0v) is 17.2. The summed E-state index contributed by atoms with van der Waals surface area (Å²) < 4.78 is 55.4. The number of carbonyl (C=O) groups is 1.